The van der Waals surface area contributed by atoms with E-state index < -0.39 is 5.82 Å². The molecular weight excluding hydrogens is 333 g/mol. The average Bonchev–Trinajstić information content (AvgIpc) is 2.79. The predicted molar refractivity (Wildman–Crippen MR) is 91.1 cm³/mol. The molecule has 0 atom stereocenters. The van der Waals surface area contributed by atoms with Gasteiger partial charge in [0.1, 0.15) is 5.82 Å². The van der Waals surface area contributed by atoms with E-state index in [-0.39, 0.29) is 5.91 Å². The van der Waals surface area contributed by atoms with Gasteiger partial charge < -0.3 is 14.8 Å². The number of halogens is 2. The summed E-state index contributed by atoms with van der Waals surface area (Å²) in [6.07, 6.45) is 3.74. The van der Waals surface area contributed by atoms with Crippen LogP contribution in [0.15, 0.2) is 42.5 Å². The Morgan fingerprint density at radius 1 is 1.21 bits per heavy atom. The van der Waals surface area contributed by atoms with Gasteiger partial charge in [-0.3, -0.25) is 4.79 Å². The maximum Gasteiger partial charge on any atom is 0.248 e. The van der Waals surface area contributed by atoms with E-state index in [1.807, 2.05) is 0 Å². The van der Waals surface area contributed by atoms with Gasteiger partial charge in [0.25, 0.3) is 0 Å². The molecular formula is C18H15ClFNO3. The fourth-order valence-electron chi connectivity index (χ4n) is 2.27. The molecule has 1 aliphatic rings. The Morgan fingerprint density at radius 3 is 2.88 bits per heavy atom. The second-order valence-electron chi connectivity index (χ2n) is 5.21. The quantitative estimate of drug-likeness (QED) is 0.842. The molecule has 4 nitrogen and oxygen atoms in total. The van der Waals surface area contributed by atoms with Crippen LogP contribution >= 0.6 is 11.6 Å². The molecule has 1 amide bonds. The van der Waals surface area contributed by atoms with E-state index in [9.17, 15) is 9.18 Å². The SMILES string of the molecule is O=C(/C=C/c1cc(Cl)c2c(c1)OCCCO2)Nc1cccc(F)c1. The van der Waals surface area contributed by atoms with E-state index in [1.165, 1.54) is 24.3 Å². The molecule has 0 fully saturated rings. The molecule has 1 heterocycles. The first-order chi connectivity index (χ1) is 11.6. The van der Waals surface area contributed by atoms with Crippen LogP contribution in [-0.4, -0.2) is 19.1 Å². The van der Waals surface area contributed by atoms with E-state index in [2.05, 4.69) is 5.32 Å². The zero-order chi connectivity index (χ0) is 16.9. The van der Waals surface area contributed by atoms with Crippen molar-refractivity contribution >= 4 is 29.3 Å². The van der Waals surface area contributed by atoms with Gasteiger partial charge in [-0.15, -0.1) is 0 Å². The predicted octanol–water partition coefficient (Wildman–Crippen LogP) is 4.29. The molecule has 6 heteroatoms. The Labute approximate surface area is 143 Å². The van der Waals surface area contributed by atoms with Crippen molar-refractivity contribution in [3.05, 3.63) is 58.9 Å². The number of amides is 1. The van der Waals surface area contributed by atoms with Crippen LogP contribution in [0.3, 0.4) is 0 Å². The minimum atomic E-state index is -0.411. The molecule has 0 aromatic heterocycles. The highest BCUT2D eigenvalue weighted by atomic mass is 35.5. The highest BCUT2D eigenvalue weighted by Crippen LogP contribution is 2.38. The second-order valence-corrected chi connectivity index (χ2v) is 5.62. The van der Waals surface area contributed by atoms with Crippen molar-refractivity contribution < 1.29 is 18.7 Å². The van der Waals surface area contributed by atoms with Crippen LogP contribution in [0, 0.1) is 5.82 Å². The van der Waals surface area contributed by atoms with Gasteiger partial charge in [-0.05, 0) is 42.0 Å². The van der Waals surface area contributed by atoms with E-state index in [4.69, 9.17) is 21.1 Å². The summed E-state index contributed by atoms with van der Waals surface area (Å²) < 4.78 is 24.3. The molecule has 0 spiro atoms. The number of hydrogen-bond acceptors (Lipinski definition) is 3. The first kappa shape index (κ1) is 16.3. The Balaban J connectivity index is 1.73. The number of carbonyl (C=O) groups is 1. The molecule has 0 radical (unpaired) electrons. The third kappa shape index (κ3) is 4.06. The molecule has 0 saturated carbocycles. The van der Waals surface area contributed by atoms with Crippen LogP contribution in [0.25, 0.3) is 6.08 Å². The normalized spacial score (nSPS) is 13.6. The number of benzene rings is 2. The summed E-state index contributed by atoms with van der Waals surface area (Å²) in [5.74, 6) is 0.302. The molecule has 2 aromatic rings. The lowest BCUT2D eigenvalue weighted by molar-refractivity contribution is -0.111. The highest BCUT2D eigenvalue weighted by molar-refractivity contribution is 6.32. The minimum Gasteiger partial charge on any atom is -0.489 e. The number of nitrogens with one attached hydrogen (secondary N) is 1. The molecule has 1 aliphatic heterocycles. The summed E-state index contributed by atoms with van der Waals surface area (Å²) in [4.78, 5) is 11.9. The van der Waals surface area contributed by atoms with Crippen molar-refractivity contribution in [2.45, 2.75) is 6.42 Å². The van der Waals surface area contributed by atoms with Gasteiger partial charge in [0.15, 0.2) is 11.5 Å². The van der Waals surface area contributed by atoms with Crippen molar-refractivity contribution in [3.63, 3.8) is 0 Å². The van der Waals surface area contributed by atoms with E-state index in [1.54, 1.807) is 24.3 Å². The zero-order valence-corrected chi connectivity index (χ0v) is 13.5. The van der Waals surface area contributed by atoms with Gasteiger partial charge in [-0.1, -0.05) is 17.7 Å². The zero-order valence-electron chi connectivity index (χ0n) is 12.7. The monoisotopic (exact) mass is 347 g/mol. The maximum absolute atomic E-state index is 13.1. The van der Waals surface area contributed by atoms with Gasteiger partial charge >= 0.3 is 0 Å². The largest absolute Gasteiger partial charge is 0.489 e. The summed E-state index contributed by atoms with van der Waals surface area (Å²) in [7, 11) is 0. The van der Waals surface area contributed by atoms with E-state index in [0.717, 1.165) is 6.42 Å². The third-order valence-electron chi connectivity index (χ3n) is 3.34. The smallest absolute Gasteiger partial charge is 0.248 e. The Hall–Kier alpha value is -2.53. The van der Waals surface area contributed by atoms with E-state index in [0.29, 0.717) is 41.0 Å². The molecule has 124 valence electrons. The van der Waals surface area contributed by atoms with Gasteiger partial charge in [0, 0.05) is 18.2 Å². The van der Waals surface area contributed by atoms with Crippen molar-refractivity contribution in [1.29, 1.82) is 0 Å². The number of hydrogen-bond donors (Lipinski definition) is 1. The van der Waals surface area contributed by atoms with Crippen molar-refractivity contribution in [2.75, 3.05) is 18.5 Å². The first-order valence-electron chi connectivity index (χ1n) is 7.45. The summed E-state index contributed by atoms with van der Waals surface area (Å²) in [6, 6.07) is 9.15. The van der Waals surface area contributed by atoms with Gasteiger partial charge in [-0.2, -0.15) is 0 Å². The minimum absolute atomic E-state index is 0.371. The standard InChI is InChI=1S/C18H15ClFNO3/c19-15-9-12(10-16-18(15)24-8-2-7-23-16)5-6-17(22)21-14-4-1-3-13(20)11-14/h1,3-6,9-11H,2,7-8H2,(H,21,22)/b6-5+. The fraction of sp³-hybridized carbons (Fsp3) is 0.167. The summed E-state index contributed by atoms with van der Waals surface area (Å²) in [5, 5.41) is 3.02. The van der Waals surface area contributed by atoms with Crippen LogP contribution in [0.4, 0.5) is 10.1 Å². The topological polar surface area (TPSA) is 47.6 Å². The Morgan fingerprint density at radius 2 is 2.04 bits per heavy atom. The lowest BCUT2D eigenvalue weighted by Crippen LogP contribution is -2.07. The number of carbonyl (C=O) groups excluding carboxylic acids is 1. The van der Waals surface area contributed by atoms with Crippen LogP contribution in [0.2, 0.25) is 5.02 Å². The molecule has 24 heavy (non-hydrogen) atoms. The maximum atomic E-state index is 13.1. The number of anilines is 1. The molecule has 0 bridgehead atoms. The van der Waals surface area contributed by atoms with E-state index >= 15 is 0 Å². The van der Waals surface area contributed by atoms with Crippen molar-refractivity contribution in [3.8, 4) is 11.5 Å². The summed E-state index contributed by atoms with van der Waals surface area (Å²) in [5.41, 5.74) is 1.10. The van der Waals surface area contributed by atoms with Crippen molar-refractivity contribution in [1.82, 2.24) is 0 Å². The number of fused-ring (bicyclic) bond motifs is 1. The molecule has 2 aromatic carbocycles. The highest BCUT2D eigenvalue weighted by Gasteiger charge is 2.14. The Bertz CT molecular complexity index is 792. The van der Waals surface area contributed by atoms with Gasteiger partial charge in [0.05, 0.1) is 18.2 Å². The fourth-order valence-corrected chi connectivity index (χ4v) is 2.54. The van der Waals surface area contributed by atoms with Gasteiger partial charge in [0.2, 0.25) is 5.91 Å². The lowest BCUT2D eigenvalue weighted by atomic mass is 10.2. The summed E-state index contributed by atoms with van der Waals surface area (Å²) in [6.45, 7) is 1.11. The average molecular weight is 348 g/mol. The molecule has 0 aliphatic carbocycles. The third-order valence-corrected chi connectivity index (χ3v) is 3.62. The Kier molecular flexibility index (Phi) is 5.01. The molecule has 3 rings (SSSR count). The van der Waals surface area contributed by atoms with Crippen LogP contribution in [-0.2, 0) is 4.79 Å². The van der Waals surface area contributed by atoms with Crippen LogP contribution in [0.1, 0.15) is 12.0 Å². The molecule has 0 unspecified atom stereocenters. The first-order valence-corrected chi connectivity index (χ1v) is 7.83. The second kappa shape index (κ2) is 7.36. The number of ether oxygens (including phenoxy) is 2. The molecule has 1 N–H and O–H groups in total. The molecule has 0 saturated heterocycles. The van der Waals surface area contributed by atoms with Gasteiger partial charge in [-0.25, -0.2) is 4.39 Å². The van der Waals surface area contributed by atoms with Crippen LogP contribution in [0.5, 0.6) is 11.5 Å². The lowest BCUT2D eigenvalue weighted by Gasteiger charge is -2.10. The number of rotatable bonds is 3. The summed E-state index contributed by atoms with van der Waals surface area (Å²) >= 11 is 6.20. The van der Waals surface area contributed by atoms with Crippen LogP contribution < -0.4 is 14.8 Å². The van der Waals surface area contributed by atoms with Crippen molar-refractivity contribution in [2.24, 2.45) is 0 Å².